The summed E-state index contributed by atoms with van der Waals surface area (Å²) in [7, 11) is 0. The van der Waals surface area contributed by atoms with Crippen molar-refractivity contribution < 1.29 is 14.0 Å². The number of nitrogens with two attached hydrogens (primary N) is 1. The number of nitrogens with one attached hydrogen (secondary N) is 1. The van der Waals surface area contributed by atoms with Gasteiger partial charge in [-0.1, -0.05) is 17.3 Å². The number of nitrogen functional groups attached to an aromatic ring is 1. The summed E-state index contributed by atoms with van der Waals surface area (Å²) in [6, 6.07) is 7.56. The Kier molecular flexibility index (Phi) is 2.30. The van der Waals surface area contributed by atoms with Crippen LogP contribution in [0.3, 0.4) is 0 Å². The number of aromatic nitrogens is 2. The lowest BCUT2D eigenvalue weighted by atomic mass is 10.2. The maximum atomic E-state index is 5.70. The van der Waals surface area contributed by atoms with E-state index in [9.17, 15) is 0 Å². The highest BCUT2D eigenvalue weighted by Crippen LogP contribution is 2.35. The van der Waals surface area contributed by atoms with E-state index in [1.54, 1.807) is 0 Å². The minimum absolute atomic E-state index is 0.141. The third-order valence-corrected chi connectivity index (χ3v) is 2.36. The summed E-state index contributed by atoms with van der Waals surface area (Å²) >= 11 is 0. The Morgan fingerprint density at radius 2 is 2.12 bits per heavy atom. The van der Waals surface area contributed by atoms with E-state index < -0.39 is 6.10 Å². The Morgan fingerprint density at radius 1 is 1.29 bits per heavy atom. The van der Waals surface area contributed by atoms with Crippen molar-refractivity contribution in [2.24, 2.45) is 5.84 Å². The van der Waals surface area contributed by atoms with Gasteiger partial charge in [0.25, 0.3) is 0 Å². The zero-order valence-corrected chi connectivity index (χ0v) is 8.79. The quantitative estimate of drug-likeness (QED) is 0.587. The van der Waals surface area contributed by atoms with Crippen molar-refractivity contribution in [3.05, 3.63) is 30.1 Å². The fraction of sp³-hybridized carbons (Fsp3) is 0.200. The number of hydrazine groups is 1. The highest BCUT2D eigenvalue weighted by atomic mass is 16.6. The van der Waals surface area contributed by atoms with Gasteiger partial charge in [0.05, 0.1) is 0 Å². The first kappa shape index (κ1) is 9.91. The van der Waals surface area contributed by atoms with Gasteiger partial charge in [-0.15, -0.1) is 0 Å². The number of anilines is 1. The average Bonchev–Trinajstić information content (AvgIpc) is 2.87. The van der Waals surface area contributed by atoms with Gasteiger partial charge in [-0.2, -0.15) is 4.98 Å². The summed E-state index contributed by atoms with van der Waals surface area (Å²) in [6.07, 6.45) is -0.393. The zero-order chi connectivity index (χ0) is 11.7. The minimum Gasteiger partial charge on any atom is -0.485 e. The molecular formula is C10H10N4O3. The van der Waals surface area contributed by atoms with Gasteiger partial charge in [-0.25, -0.2) is 5.84 Å². The molecule has 1 aliphatic heterocycles. The van der Waals surface area contributed by atoms with E-state index in [1.165, 1.54) is 0 Å². The first-order chi connectivity index (χ1) is 8.36. The molecule has 0 fully saturated rings. The summed E-state index contributed by atoms with van der Waals surface area (Å²) in [5.41, 5.74) is 2.27. The van der Waals surface area contributed by atoms with Crippen molar-refractivity contribution in [1.82, 2.24) is 10.1 Å². The number of hydrogen-bond donors (Lipinski definition) is 2. The lowest BCUT2D eigenvalue weighted by Crippen LogP contribution is -2.22. The molecule has 2 aromatic rings. The van der Waals surface area contributed by atoms with Crippen LogP contribution in [-0.4, -0.2) is 16.7 Å². The molecule has 0 saturated carbocycles. The molecule has 2 heterocycles. The number of para-hydroxylation sites is 2. The molecule has 1 atom stereocenters. The van der Waals surface area contributed by atoms with Gasteiger partial charge in [0, 0.05) is 0 Å². The van der Waals surface area contributed by atoms with E-state index in [-0.39, 0.29) is 6.01 Å². The summed E-state index contributed by atoms with van der Waals surface area (Å²) < 4.78 is 16.1. The Hall–Kier alpha value is -2.28. The maximum absolute atomic E-state index is 5.70. The number of nitrogens with zero attached hydrogens (tertiary/aromatic N) is 2. The molecule has 1 aromatic carbocycles. The van der Waals surface area contributed by atoms with Crippen LogP contribution in [-0.2, 0) is 0 Å². The summed E-state index contributed by atoms with van der Waals surface area (Å²) in [4.78, 5) is 4.01. The van der Waals surface area contributed by atoms with Crippen molar-refractivity contribution in [2.75, 3.05) is 12.0 Å². The van der Waals surface area contributed by atoms with Crippen molar-refractivity contribution >= 4 is 6.01 Å². The van der Waals surface area contributed by atoms with Gasteiger partial charge in [0.1, 0.15) is 6.61 Å². The standard InChI is InChI=1S/C10H10N4O3/c11-13-10-12-9(14-17-10)8-5-15-6-3-1-2-4-7(6)16-8/h1-4,8H,5,11H2,(H,12,13,14). The van der Waals surface area contributed by atoms with E-state index >= 15 is 0 Å². The average molecular weight is 234 g/mol. The van der Waals surface area contributed by atoms with Gasteiger partial charge >= 0.3 is 6.01 Å². The lowest BCUT2D eigenvalue weighted by molar-refractivity contribution is 0.0832. The summed E-state index contributed by atoms with van der Waals surface area (Å²) in [5.74, 6) is 6.92. The van der Waals surface area contributed by atoms with Crippen molar-refractivity contribution in [1.29, 1.82) is 0 Å². The SMILES string of the molecule is NNc1nc(C2COc3ccccc3O2)no1. The van der Waals surface area contributed by atoms with Crippen LogP contribution in [0, 0.1) is 0 Å². The van der Waals surface area contributed by atoms with E-state index in [1.807, 2.05) is 24.3 Å². The predicted octanol–water partition coefficient (Wildman–Crippen LogP) is 0.868. The minimum atomic E-state index is -0.393. The monoisotopic (exact) mass is 234 g/mol. The first-order valence-electron chi connectivity index (χ1n) is 5.05. The third kappa shape index (κ3) is 1.76. The molecule has 0 amide bonds. The molecule has 7 nitrogen and oxygen atoms in total. The van der Waals surface area contributed by atoms with Crippen LogP contribution in [0.2, 0.25) is 0 Å². The van der Waals surface area contributed by atoms with Crippen LogP contribution < -0.4 is 20.7 Å². The number of rotatable bonds is 2. The lowest BCUT2D eigenvalue weighted by Gasteiger charge is -2.23. The second kappa shape index (κ2) is 3.95. The molecule has 17 heavy (non-hydrogen) atoms. The van der Waals surface area contributed by atoms with E-state index in [0.29, 0.717) is 23.9 Å². The molecule has 1 unspecified atom stereocenters. The molecule has 3 N–H and O–H groups in total. The second-order valence-corrected chi connectivity index (χ2v) is 3.47. The molecule has 0 aliphatic carbocycles. The largest absolute Gasteiger partial charge is 0.485 e. The fourth-order valence-electron chi connectivity index (χ4n) is 1.57. The normalized spacial score (nSPS) is 17.8. The Balaban J connectivity index is 1.84. The Bertz CT molecular complexity index is 528. The molecule has 0 radical (unpaired) electrons. The van der Waals surface area contributed by atoms with E-state index in [0.717, 1.165) is 0 Å². The van der Waals surface area contributed by atoms with E-state index in [2.05, 4.69) is 15.6 Å². The van der Waals surface area contributed by atoms with Gasteiger partial charge in [-0.05, 0) is 12.1 Å². The van der Waals surface area contributed by atoms with Crippen LogP contribution in [0.25, 0.3) is 0 Å². The van der Waals surface area contributed by atoms with Crippen molar-refractivity contribution in [3.63, 3.8) is 0 Å². The summed E-state index contributed by atoms with van der Waals surface area (Å²) in [6.45, 7) is 0.334. The molecule has 0 saturated heterocycles. The molecule has 7 heteroatoms. The highest BCUT2D eigenvalue weighted by Gasteiger charge is 2.26. The second-order valence-electron chi connectivity index (χ2n) is 3.47. The van der Waals surface area contributed by atoms with Gasteiger partial charge in [0.2, 0.25) is 5.82 Å². The molecule has 0 spiro atoms. The fourth-order valence-corrected chi connectivity index (χ4v) is 1.57. The van der Waals surface area contributed by atoms with Crippen LogP contribution in [0.15, 0.2) is 28.8 Å². The van der Waals surface area contributed by atoms with E-state index in [4.69, 9.17) is 19.8 Å². The van der Waals surface area contributed by atoms with Crippen molar-refractivity contribution in [2.45, 2.75) is 6.10 Å². The van der Waals surface area contributed by atoms with Crippen LogP contribution in [0.4, 0.5) is 6.01 Å². The molecule has 1 aromatic heterocycles. The predicted molar refractivity (Wildman–Crippen MR) is 57.4 cm³/mol. The maximum Gasteiger partial charge on any atom is 0.335 e. The van der Waals surface area contributed by atoms with Gasteiger partial charge < -0.3 is 14.0 Å². The third-order valence-electron chi connectivity index (χ3n) is 2.36. The Morgan fingerprint density at radius 3 is 2.88 bits per heavy atom. The van der Waals surface area contributed by atoms with Crippen LogP contribution in [0.5, 0.6) is 11.5 Å². The molecule has 3 rings (SSSR count). The number of fused-ring (bicyclic) bond motifs is 1. The zero-order valence-electron chi connectivity index (χ0n) is 8.79. The molecule has 0 bridgehead atoms. The summed E-state index contributed by atoms with van der Waals surface area (Å²) in [5, 5.41) is 3.75. The van der Waals surface area contributed by atoms with Crippen LogP contribution in [0.1, 0.15) is 11.9 Å². The van der Waals surface area contributed by atoms with Crippen molar-refractivity contribution in [3.8, 4) is 11.5 Å². The number of benzene rings is 1. The van der Waals surface area contributed by atoms with Crippen LogP contribution >= 0.6 is 0 Å². The molecule has 88 valence electrons. The smallest absolute Gasteiger partial charge is 0.335 e. The number of ether oxygens (including phenoxy) is 2. The Labute approximate surface area is 96.5 Å². The molecule has 1 aliphatic rings. The topological polar surface area (TPSA) is 95.4 Å². The van der Waals surface area contributed by atoms with Gasteiger partial charge in [-0.3, -0.25) is 5.43 Å². The highest BCUT2D eigenvalue weighted by molar-refractivity contribution is 5.41. The number of hydrogen-bond acceptors (Lipinski definition) is 7. The van der Waals surface area contributed by atoms with Gasteiger partial charge in [0.15, 0.2) is 17.6 Å². The first-order valence-corrected chi connectivity index (χ1v) is 5.05. The molecular weight excluding hydrogens is 224 g/mol.